The molecule has 0 saturated heterocycles. The second-order valence-corrected chi connectivity index (χ2v) is 10.1. The van der Waals surface area contributed by atoms with Crippen molar-refractivity contribution in [2.24, 2.45) is 5.10 Å². The fourth-order valence-electron chi connectivity index (χ4n) is 3.41. The van der Waals surface area contributed by atoms with Crippen LogP contribution in [-0.2, 0) is 4.79 Å². The first kappa shape index (κ1) is 28.7. The van der Waals surface area contributed by atoms with E-state index in [2.05, 4.69) is 42.4 Å². The lowest BCUT2D eigenvalue weighted by Gasteiger charge is -2.12. The number of carbonyl (C=O) groups is 3. The molecule has 0 unspecified atom stereocenters. The Morgan fingerprint density at radius 3 is 1.90 bits per heavy atom. The number of aryl methyl sites for hydroxylation is 1. The Balaban J connectivity index is 1.46. The first-order valence-corrected chi connectivity index (χ1v) is 13.5. The summed E-state index contributed by atoms with van der Waals surface area (Å²) in [6.07, 6.45) is 1.36. The molecule has 0 spiro atoms. The van der Waals surface area contributed by atoms with Gasteiger partial charge in [-0.15, -0.1) is 0 Å². The molecule has 4 rings (SSSR count). The third kappa shape index (κ3) is 7.87. The lowest BCUT2D eigenvalue weighted by molar-refractivity contribution is -0.123. The van der Waals surface area contributed by atoms with Crippen LogP contribution in [0.25, 0.3) is 0 Å². The number of ether oxygens (including phenoxy) is 3. The number of carbonyl (C=O) groups excluding carboxylic acids is 3. The van der Waals surface area contributed by atoms with Crippen LogP contribution in [0.3, 0.4) is 0 Å². The van der Waals surface area contributed by atoms with Gasteiger partial charge in [0.05, 0.1) is 26.3 Å². The van der Waals surface area contributed by atoms with E-state index in [1.165, 1.54) is 18.3 Å². The van der Waals surface area contributed by atoms with Crippen LogP contribution in [-0.4, -0.2) is 30.7 Å². The van der Waals surface area contributed by atoms with Crippen LogP contribution in [0.4, 0.5) is 0 Å². The molecule has 1 amide bonds. The lowest BCUT2D eigenvalue weighted by atomic mass is 10.2. The van der Waals surface area contributed by atoms with Gasteiger partial charge in [0.25, 0.3) is 5.91 Å². The third-order valence-corrected chi connectivity index (χ3v) is 6.46. The van der Waals surface area contributed by atoms with Gasteiger partial charge in [-0.25, -0.2) is 15.0 Å². The summed E-state index contributed by atoms with van der Waals surface area (Å²) in [5, 5.41) is 3.95. The van der Waals surface area contributed by atoms with Crippen molar-refractivity contribution in [2.45, 2.75) is 6.92 Å². The van der Waals surface area contributed by atoms with Crippen LogP contribution in [0.5, 0.6) is 17.2 Å². The third-order valence-electron chi connectivity index (χ3n) is 5.29. The fraction of sp³-hybridized carbons (Fsp3) is 0.0667. The molecule has 0 aromatic heterocycles. The molecule has 0 heterocycles. The minimum atomic E-state index is -0.634. The summed E-state index contributed by atoms with van der Waals surface area (Å²) in [7, 11) is 0. The summed E-state index contributed by atoms with van der Waals surface area (Å²) in [6.45, 7) is 1.67. The number of nitrogens with one attached hydrogen (secondary N) is 1. The molecule has 4 aromatic carbocycles. The summed E-state index contributed by atoms with van der Waals surface area (Å²) in [5.74, 6) is -1.19. The summed E-state index contributed by atoms with van der Waals surface area (Å²) in [6, 6.07) is 25.1. The van der Waals surface area contributed by atoms with E-state index < -0.39 is 17.8 Å². The molecular weight excluding hydrogens is 644 g/mol. The lowest BCUT2D eigenvalue weighted by Crippen LogP contribution is -2.24. The van der Waals surface area contributed by atoms with E-state index >= 15 is 0 Å². The summed E-state index contributed by atoms with van der Waals surface area (Å²) >= 11 is 6.84. The molecule has 0 atom stereocenters. The van der Waals surface area contributed by atoms with Crippen molar-refractivity contribution in [2.75, 3.05) is 6.61 Å². The van der Waals surface area contributed by atoms with E-state index in [9.17, 15) is 14.4 Å². The number of esters is 2. The van der Waals surface area contributed by atoms with Gasteiger partial charge >= 0.3 is 11.9 Å². The molecule has 202 valence electrons. The van der Waals surface area contributed by atoms with Gasteiger partial charge in [-0.1, -0.05) is 36.4 Å². The van der Waals surface area contributed by atoms with Crippen LogP contribution in [0.2, 0.25) is 0 Å². The van der Waals surface area contributed by atoms with Crippen LogP contribution < -0.4 is 19.6 Å². The molecule has 0 aliphatic carbocycles. The van der Waals surface area contributed by atoms with Crippen molar-refractivity contribution >= 4 is 55.9 Å². The molecule has 1 N–H and O–H groups in total. The molecular formula is C30H22Br2N2O6. The highest BCUT2D eigenvalue weighted by Crippen LogP contribution is 2.34. The maximum Gasteiger partial charge on any atom is 0.343 e. The molecule has 10 heteroatoms. The predicted octanol–water partition coefficient (Wildman–Crippen LogP) is 6.49. The molecule has 40 heavy (non-hydrogen) atoms. The Labute approximate surface area is 247 Å². The van der Waals surface area contributed by atoms with Gasteiger partial charge < -0.3 is 14.2 Å². The van der Waals surface area contributed by atoms with Gasteiger partial charge in [-0.05, 0) is 105 Å². The number of amides is 1. The van der Waals surface area contributed by atoms with E-state index in [0.717, 1.165) is 5.56 Å². The highest BCUT2D eigenvalue weighted by Gasteiger charge is 2.17. The predicted molar refractivity (Wildman–Crippen MR) is 157 cm³/mol. The van der Waals surface area contributed by atoms with E-state index in [-0.39, 0.29) is 18.1 Å². The zero-order valence-electron chi connectivity index (χ0n) is 21.1. The average Bonchev–Trinajstić information content (AvgIpc) is 2.94. The number of nitrogens with zero attached hydrogens (tertiary/aromatic N) is 1. The van der Waals surface area contributed by atoms with Gasteiger partial charge in [-0.2, -0.15) is 5.10 Å². The van der Waals surface area contributed by atoms with Crippen molar-refractivity contribution in [3.63, 3.8) is 0 Å². The molecule has 4 aromatic rings. The van der Waals surface area contributed by atoms with Crippen LogP contribution in [0.15, 0.2) is 105 Å². The van der Waals surface area contributed by atoms with E-state index in [1.807, 2.05) is 19.1 Å². The second-order valence-electron chi connectivity index (χ2n) is 8.36. The molecule has 0 bridgehead atoms. The number of halogens is 2. The van der Waals surface area contributed by atoms with E-state index in [0.29, 0.717) is 31.4 Å². The van der Waals surface area contributed by atoms with Gasteiger partial charge in [0, 0.05) is 0 Å². The van der Waals surface area contributed by atoms with Crippen molar-refractivity contribution in [3.8, 4) is 17.2 Å². The number of hydrazone groups is 1. The van der Waals surface area contributed by atoms with Gasteiger partial charge in [0.15, 0.2) is 18.1 Å². The van der Waals surface area contributed by atoms with E-state index in [1.54, 1.807) is 66.7 Å². The molecule has 0 fully saturated rings. The molecule has 0 aliphatic heterocycles. The number of rotatable bonds is 9. The van der Waals surface area contributed by atoms with Gasteiger partial charge in [-0.3, -0.25) is 4.79 Å². The molecule has 8 nitrogen and oxygen atoms in total. The zero-order valence-corrected chi connectivity index (χ0v) is 24.3. The maximum absolute atomic E-state index is 12.7. The minimum Gasteiger partial charge on any atom is -0.481 e. The van der Waals surface area contributed by atoms with Gasteiger partial charge in [0.1, 0.15) is 5.75 Å². The Hall–Kier alpha value is -4.28. The average molecular weight is 666 g/mol. The smallest absolute Gasteiger partial charge is 0.343 e. The van der Waals surface area contributed by atoms with E-state index in [4.69, 9.17) is 14.2 Å². The fourth-order valence-corrected chi connectivity index (χ4v) is 5.05. The minimum absolute atomic E-state index is 0.00538. The summed E-state index contributed by atoms with van der Waals surface area (Å²) in [4.78, 5) is 37.6. The summed E-state index contributed by atoms with van der Waals surface area (Å²) < 4.78 is 18.1. The quantitative estimate of drug-likeness (QED) is 0.0949. The Bertz CT molecular complexity index is 1540. The number of hydrogen-bond donors (Lipinski definition) is 1. The maximum atomic E-state index is 12.7. The number of hydrogen-bond acceptors (Lipinski definition) is 7. The monoisotopic (exact) mass is 664 g/mol. The largest absolute Gasteiger partial charge is 0.481 e. The highest BCUT2D eigenvalue weighted by atomic mass is 79.9. The summed E-state index contributed by atoms with van der Waals surface area (Å²) in [5.41, 5.74) is 4.54. The van der Waals surface area contributed by atoms with Crippen molar-refractivity contribution < 1.29 is 28.6 Å². The first-order valence-electron chi connectivity index (χ1n) is 11.9. The Kier molecular flexibility index (Phi) is 9.82. The Morgan fingerprint density at radius 2 is 1.32 bits per heavy atom. The van der Waals surface area contributed by atoms with Crippen LogP contribution >= 0.6 is 31.9 Å². The topological polar surface area (TPSA) is 103 Å². The zero-order chi connectivity index (χ0) is 28.5. The normalized spacial score (nSPS) is 10.7. The van der Waals surface area contributed by atoms with Crippen molar-refractivity contribution in [3.05, 3.63) is 122 Å². The van der Waals surface area contributed by atoms with Gasteiger partial charge in [0.2, 0.25) is 0 Å². The molecule has 0 saturated carbocycles. The number of benzene rings is 4. The van der Waals surface area contributed by atoms with Crippen LogP contribution in [0, 0.1) is 6.92 Å². The SMILES string of the molecule is Cc1cc(Br)c(OCC(=O)N/N=C/c2ccc(OC(=O)c3ccccc3)c(OC(=O)c3ccccc3)c2)c(Br)c1. The van der Waals surface area contributed by atoms with Crippen molar-refractivity contribution in [1.82, 2.24) is 5.43 Å². The standard InChI is InChI=1S/C30H22Br2N2O6/c1-19-14-23(31)28(24(32)15-19)38-18-27(35)34-33-17-20-12-13-25(39-29(36)21-8-4-2-5-9-21)26(16-20)40-30(37)22-10-6-3-7-11-22/h2-17H,18H2,1H3,(H,34,35)/b33-17+. The Morgan fingerprint density at radius 1 is 0.775 bits per heavy atom. The van der Waals surface area contributed by atoms with Crippen LogP contribution in [0.1, 0.15) is 31.8 Å². The second kappa shape index (κ2) is 13.7. The first-order chi connectivity index (χ1) is 19.3. The molecule has 0 radical (unpaired) electrons. The van der Waals surface area contributed by atoms with Crippen molar-refractivity contribution in [1.29, 1.82) is 0 Å². The molecule has 0 aliphatic rings. The highest BCUT2D eigenvalue weighted by molar-refractivity contribution is 9.11.